The molecule has 1 heterocycles. The maximum absolute atomic E-state index is 12.9. The molecule has 0 aromatic heterocycles. The first kappa shape index (κ1) is 16.6. The van der Waals surface area contributed by atoms with E-state index in [0.717, 1.165) is 24.0 Å². The van der Waals surface area contributed by atoms with Gasteiger partial charge in [0.2, 0.25) is 10.0 Å². The second-order valence-electron chi connectivity index (χ2n) is 5.94. The molecule has 1 saturated heterocycles. The summed E-state index contributed by atoms with van der Waals surface area (Å²) in [5, 5.41) is 10.7. The summed E-state index contributed by atoms with van der Waals surface area (Å²) < 4.78 is 27.4. The highest BCUT2D eigenvalue weighted by molar-refractivity contribution is 7.89. The molecule has 7 heteroatoms. The van der Waals surface area contributed by atoms with Crippen molar-refractivity contribution in [1.29, 1.82) is 0 Å². The van der Waals surface area contributed by atoms with E-state index in [2.05, 4.69) is 0 Å². The molecule has 0 saturated carbocycles. The van der Waals surface area contributed by atoms with E-state index in [0.29, 0.717) is 6.54 Å². The van der Waals surface area contributed by atoms with E-state index in [-0.39, 0.29) is 16.6 Å². The molecule has 1 aliphatic heterocycles. The first-order chi connectivity index (χ1) is 11.4. The third kappa shape index (κ3) is 3.05. The van der Waals surface area contributed by atoms with Gasteiger partial charge in [0.15, 0.2) is 0 Å². The van der Waals surface area contributed by atoms with Gasteiger partial charge in [0, 0.05) is 18.7 Å². The number of nitro benzene ring substituents is 1. The zero-order chi connectivity index (χ0) is 17.3. The summed E-state index contributed by atoms with van der Waals surface area (Å²) in [5.41, 5.74) is 1.95. The summed E-state index contributed by atoms with van der Waals surface area (Å²) in [7, 11) is -3.68. The lowest BCUT2D eigenvalue weighted by molar-refractivity contribution is -0.384. The first-order valence-corrected chi connectivity index (χ1v) is 9.16. The van der Waals surface area contributed by atoms with Crippen LogP contribution in [0.5, 0.6) is 0 Å². The van der Waals surface area contributed by atoms with Crippen LogP contribution >= 0.6 is 0 Å². The minimum atomic E-state index is -3.68. The van der Waals surface area contributed by atoms with Gasteiger partial charge in [-0.15, -0.1) is 0 Å². The van der Waals surface area contributed by atoms with Crippen LogP contribution in [0.15, 0.2) is 53.4 Å². The van der Waals surface area contributed by atoms with Crippen LogP contribution in [0, 0.1) is 17.0 Å². The highest BCUT2D eigenvalue weighted by Crippen LogP contribution is 2.36. The number of hydrogen-bond donors (Lipinski definition) is 0. The van der Waals surface area contributed by atoms with Gasteiger partial charge in [0.25, 0.3) is 5.69 Å². The van der Waals surface area contributed by atoms with Crippen LogP contribution in [-0.4, -0.2) is 24.2 Å². The standard InChI is InChI=1S/C17H18N2O4S/c1-13-4-2-5-14(12-13)17-6-3-11-18(17)24(22,23)16-9-7-15(8-10-16)19(20)21/h2,4-5,7-10,12,17H,3,6,11H2,1H3/t17-/m0/s1. The fraction of sp³-hybridized carbons (Fsp3) is 0.294. The number of nitrogens with zero attached hydrogens (tertiary/aromatic N) is 2. The maximum atomic E-state index is 12.9. The number of sulfonamides is 1. The summed E-state index contributed by atoms with van der Waals surface area (Å²) in [6, 6.07) is 12.7. The summed E-state index contributed by atoms with van der Waals surface area (Å²) in [5.74, 6) is 0. The zero-order valence-corrected chi connectivity index (χ0v) is 14.1. The monoisotopic (exact) mass is 346 g/mol. The number of benzene rings is 2. The molecule has 0 radical (unpaired) electrons. The Bertz CT molecular complexity index is 862. The molecule has 24 heavy (non-hydrogen) atoms. The van der Waals surface area contributed by atoms with Crippen LogP contribution in [0.25, 0.3) is 0 Å². The maximum Gasteiger partial charge on any atom is 0.269 e. The summed E-state index contributed by atoms with van der Waals surface area (Å²) in [4.78, 5) is 10.3. The Labute approximate surface area is 140 Å². The third-order valence-corrected chi connectivity index (χ3v) is 6.21. The van der Waals surface area contributed by atoms with Crippen molar-refractivity contribution in [2.24, 2.45) is 0 Å². The van der Waals surface area contributed by atoms with Crippen LogP contribution in [-0.2, 0) is 10.0 Å². The Kier molecular flexibility index (Phi) is 4.38. The lowest BCUT2D eigenvalue weighted by Gasteiger charge is -2.24. The zero-order valence-electron chi connectivity index (χ0n) is 13.3. The van der Waals surface area contributed by atoms with Gasteiger partial charge in [-0.2, -0.15) is 4.31 Å². The Balaban J connectivity index is 1.94. The van der Waals surface area contributed by atoms with Crippen molar-refractivity contribution in [3.63, 3.8) is 0 Å². The van der Waals surface area contributed by atoms with Crippen molar-refractivity contribution in [3.05, 3.63) is 69.8 Å². The molecule has 6 nitrogen and oxygen atoms in total. The van der Waals surface area contributed by atoms with Crippen molar-refractivity contribution in [1.82, 2.24) is 4.31 Å². The third-order valence-electron chi connectivity index (χ3n) is 4.28. The average molecular weight is 346 g/mol. The lowest BCUT2D eigenvalue weighted by atomic mass is 10.0. The summed E-state index contributed by atoms with van der Waals surface area (Å²) >= 11 is 0. The molecular weight excluding hydrogens is 328 g/mol. The number of nitro groups is 1. The van der Waals surface area contributed by atoms with Crippen molar-refractivity contribution >= 4 is 15.7 Å². The fourth-order valence-electron chi connectivity index (χ4n) is 3.11. The van der Waals surface area contributed by atoms with E-state index in [1.54, 1.807) is 0 Å². The molecule has 1 fully saturated rings. The van der Waals surface area contributed by atoms with Gasteiger partial charge in [-0.25, -0.2) is 8.42 Å². The number of hydrogen-bond acceptors (Lipinski definition) is 4. The fourth-order valence-corrected chi connectivity index (χ4v) is 4.80. The molecule has 0 spiro atoms. The first-order valence-electron chi connectivity index (χ1n) is 7.72. The van der Waals surface area contributed by atoms with E-state index in [9.17, 15) is 18.5 Å². The summed E-state index contributed by atoms with van der Waals surface area (Å²) in [6.45, 7) is 2.44. The van der Waals surface area contributed by atoms with E-state index in [4.69, 9.17) is 0 Å². The molecule has 0 bridgehead atoms. The molecule has 1 atom stereocenters. The molecule has 0 N–H and O–H groups in total. The molecule has 126 valence electrons. The molecule has 0 amide bonds. The van der Waals surface area contributed by atoms with Gasteiger partial charge in [0.1, 0.15) is 0 Å². The van der Waals surface area contributed by atoms with Crippen LogP contribution in [0.3, 0.4) is 0 Å². The average Bonchev–Trinajstić information content (AvgIpc) is 3.05. The van der Waals surface area contributed by atoms with Crippen LogP contribution in [0.1, 0.15) is 30.0 Å². The molecule has 2 aromatic carbocycles. The SMILES string of the molecule is Cc1cccc([C@@H]2CCCN2S(=O)(=O)c2ccc([N+](=O)[O-])cc2)c1. The topological polar surface area (TPSA) is 80.5 Å². The molecule has 1 aliphatic rings. The minimum Gasteiger partial charge on any atom is -0.258 e. The van der Waals surface area contributed by atoms with Gasteiger partial charge in [-0.05, 0) is 37.5 Å². The number of aryl methyl sites for hydroxylation is 1. The van der Waals surface area contributed by atoms with Crippen molar-refractivity contribution < 1.29 is 13.3 Å². The second kappa shape index (κ2) is 6.33. The minimum absolute atomic E-state index is 0.0904. The van der Waals surface area contributed by atoms with E-state index < -0.39 is 14.9 Å². The van der Waals surface area contributed by atoms with E-state index in [1.165, 1.54) is 28.6 Å². The Morgan fingerprint density at radius 3 is 2.50 bits per heavy atom. The Morgan fingerprint density at radius 1 is 1.17 bits per heavy atom. The summed E-state index contributed by atoms with van der Waals surface area (Å²) in [6.07, 6.45) is 1.57. The predicted octanol–water partition coefficient (Wildman–Crippen LogP) is 3.43. The van der Waals surface area contributed by atoms with Gasteiger partial charge >= 0.3 is 0 Å². The van der Waals surface area contributed by atoms with E-state index in [1.807, 2.05) is 31.2 Å². The normalized spacial score (nSPS) is 18.6. The van der Waals surface area contributed by atoms with Gasteiger partial charge in [0.05, 0.1) is 15.9 Å². The predicted molar refractivity (Wildman–Crippen MR) is 90.1 cm³/mol. The second-order valence-corrected chi connectivity index (χ2v) is 7.83. The van der Waals surface area contributed by atoms with Crippen molar-refractivity contribution in [2.75, 3.05) is 6.54 Å². The van der Waals surface area contributed by atoms with Gasteiger partial charge in [-0.1, -0.05) is 29.8 Å². The van der Waals surface area contributed by atoms with Crippen LogP contribution < -0.4 is 0 Å². The molecule has 3 rings (SSSR count). The molecular formula is C17H18N2O4S. The highest BCUT2D eigenvalue weighted by atomic mass is 32.2. The Morgan fingerprint density at radius 2 is 1.88 bits per heavy atom. The van der Waals surface area contributed by atoms with Gasteiger partial charge < -0.3 is 0 Å². The molecule has 0 aliphatic carbocycles. The lowest BCUT2D eigenvalue weighted by Crippen LogP contribution is -2.30. The van der Waals surface area contributed by atoms with E-state index >= 15 is 0 Å². The largest absolute Gasteiger partial charge is 0.269 e. The van der Waals surface area contributed by atoms with Gasteiger partial charge in [-0.3, -0.25) is 10.1 Å². The van der Waals surface area contributed by atoms with Crippen molar-refractivity contribution in [3.8, 4) is 0 Å². The quantitative estimate of drug-likeness (QED) is 0.627. The molecule has 0 unspecified atom stereocenters. The Hall–Kier alpha value is -2.25. The highest BCUT2D eigenvalue weighted by Gasteiger charge is 2.36. The van der Waals surface area contributed by atoms with Crippen molar-refractivity contribution in [2.45, 2.75) is 30.7 Å². The smallest absolute Gasteiger partial charge is 0.258 e. The van der Waals surface area contributed by atoms with Crippen LogP contribution in [0.4, 0.5) is 5.69 Å². The number of rotatable bonds is 4. The van der Waals surface area contributed by atoms with Crippen LogP contribution in [0.2, 0.25) is 0 Å². The number of non-ortho nitro benzene ring substituents is 1. The molecule has 2 aromatic rings.